The van der Waals surface area contributed by atoms with Gasteiger partial charge in [-0.2, -0.15) is 0 Å². The van der Waals surface area contributed by atoms with Gasteiger partial charge in [-0.25, -0.2) is 0 Å². The fourth-order valence-electron chi connectivity index (χ4n) is 1.36. The molecule has 0 fully saturated rings. The van der Waals surface area contributed by atoms with Crippen molar-refractivity contribution >= 4 is 0 Å². The van der Waals surface area contributed by atoms with Crippen LogP contribution in [0.15, 0.2) is 36.5 Å². The molecule has 1 N–H and O–H groups in total. The summed E-state index contributed by atoms with van der Waals surface area (Å²) in [5, 5.41) is 8.49. The van der Waals surface area contributed by atoms with Crippen LogP contribution in [-0.2, 0) is 0 Å². The Morgan fingerprint density at radius 2 is 1.84 bits per heavy atom. The van der Waals surface area contributed by atoms with Crippen molar-refractivity contribution in [3.8, 4) is 23.7 Å². The second-order valence-corrected chi connectivity index (χ2v) is 4.07. The molecule has 0 radical (unpaired) electrons. The molecule has 0 aliphatic heterocycles. The first kappa shape index (κ1) is 17.3. The van der Waals surface area contributed by atoms with Crippen LogP contribution >= 0.6 is 0 Å². The highest BCUT2D eigenvalue weighted by Gasteiger charge is 1.82. The molecule has 1 heteroatoms. The summed E-state index contributed by atoms with van der Waals surface area (Å²) in [4.78, 5) is 0. The molecule has 19 heavy (non-hydrogen) atoms. The van der Waals surface area contributed by atoms with Gasteiger partial charge in [-0.15, -0.1) is 0 Å². The van der Waals surface area contributed by atoms with E-state index >= 15 is 0 Å². The van der Waals surface area contributed by atoms with Crippen molar-refractivity contribution < 1.29 is 5.11 Å². The fraction of sp³-hybridized carbons (Fsp3) is 0.444. The Morgan fingerprint density at radius 1 is 0.947 bits per heavy atom. The van der Waals surface area contributed by atoms with E-state index in [1.54, 1.807) is 12.2 Å². The summed E-state index contributed by atoms with van der Waals surface area (Å²) < 4.78 is 0. The maximum absolute atomic E-state index is 8.49. The standard InChI is InChI=1S/C18H24O/c1-2-3-4-5-6-7-8-9-10-11-12-13-14-15-16-17-18-19/h7-10,16-17,19H,2-6,15,18H2,1H3. The lowest BCUT2D eigenvalue weighted by atomic mass is 10.1. The van der Waals surface area contributed by atoms with Gasteiger partial charge in [0.1, 0.15) is 0 Å². The summed E-state index contributed by atoms with van der Waals surface area (Å²) in [6, 6.07) is 0. The SMILES string of the molecule is CCCCCCC=CC=CC#CC#CCC=CCO. The zero-order chi connectivity index (χ0) is 14.0. The van der Waals surface area contributed by atoms with Gasteiger partial charge in [0, 0.05) is 6.42 Å². The molecule has 0 heterocycles. The van der Waals surface area contributed by atoms with Crippen LogP contribution in [0.2, 0.25) is 0 Å². The van der Waals surface area contributed by atoms with Crippen LogP contribution in [0.5, 0.6) is 0 Å². The predicted molar refractivity (Wildman–Crippen MR) is 83.4 cm³/mol. The first-order valence-corrected chi connectivity index (χ1v) is 6.97. The summed E-state index contributed by atoms with van der Waals surface area (Å²) in [6.07, 6.45) is 18.5. The van der Waals surface area contributed by atoms with E-state index in [1.807, 2.05) is 18.2 Å². The lowest BCUT2D eigenvalue weighted by Gasteiger charge is -1.92. The van der Waals surface area contributed by atoms with Crippen LogP contribution in [0.25, 0.3) is 0 Å². The van der Waals surface area contributed by atoms with E-state index in [1.165, 1.54) is 25.7 Å². The molecule has 0 unspecified atom stereocenters. The molecule has 0 aromatic rings. The van der Waals surface area contributed by atoms with E-state index in [4.69, 9.17) is 5.11 Å². The summed E-state index contributed by atoms with van der Waals surface area (Å²) in [5.41, 5.74) is 0. The number of rotatable bonds is 8. The van der Waals surface area contributed by atoms with E-state index < -0.39 is 0 Å². The third-order valence-corrected chi connectivity index (χ3v) is 2.37. The Kier molecular flexibility index (Phi) is 14.8. The van der Waals surface area contributed by atoms with Crippen LogP contribution in [-0.4, -0.2) is 11.7 Å². The maximum atomic E-state index is 8.49. The molecule has 0 aromatic carbocycles. The van der Waals surface area contributed by atoms with Crippen LogP contribution < -0.4 is 0 Å². The third kappa shape index (κ3) is 16.3. The lowest BCUT2D eigenvalue weighted by Crippen LogP contribution is -1.72. The summed E-state index contributed by atoms with van der Waals surface area (Å²) >= 11 is 0. The Labute approximate surface area is 118 Å². The third-order valence-electron chi connectivity index (χ3n) is 2.37. The van der Waals surface area contributed by atoms with Crippen molar-refractivity contribution in [2.75, 3.05) is 6.61 Å². The molecule has 0 rings (SSSR count). The molecule has 0 aromatic heterocycles. The lowest BCUT2D eigenvalue weighted by molar-refractivity contribution is 0.342. The summed E-state index contributed by atoms with van der Waals surface area (Å²) in [5.74, 6) is 11.2. The van der Waals surface area contributed by atoms with Crippen molar-refractivity contribution in [1.82, 2.24) is 0 Å². The number of aliphatic hydroxyl groups excluding tert-OH is 1. The topological polar surface area (TPSA) is 20.2 Å². The Hall–Kier alpha value is -1.70. The normalized spacial score (nSPS) is 10.6. The highest BCUT2D eigenvalue weighted by atomic mass is 16.2. The zero-order valence-corrected chi connectivity index (χ0v) is 11.9. The van der Waals surface area contributed by atoms with Gasteiger partial charge in [0.15, 0.2) is 0 Å². The fourth-order valence-corrected chi connectivity index (χ4v) is 1.36. The van der Waals surface area contributed by atoms with E-state index in [2.05, 4.69) is 36.7 Å². The summed E-state index contributed by atoms with van der Waals surface area (Å²) in [6.45, 7) is 2.30. The van der Waals surface area contributed by atoms with Crippen LogP contribution in [0.3, 0.4) is 0 Å². The largest absolute Gasteiger partial charge is 0.392 e. The molecule has 1 nitrogen and oxygen atoms in total. The molecular formula is C18H24O. The first-order valence-electron chi connectivity index (χ1n) is 6.97. The molecule has 0 bridgehead atoms. The minimum atomic E-state index is 0.0703. The number of aliphatic hydroxyl groups is 1. The van der Waals surface area contributed by atoms with Crippen molar-refractivity contribution in [2.24, 2.45) is 0 Å². The molecular weight excluding hydrogens is 232 g/mol. The molecule has 0 aliphatic rings. The van der Waals surface area contributed by atoms with Crippen molar-refractivity contribution in [1.29, 1.82) is 0 Å². The van der Waals surface area contributed by atoms with Gasteiger partial charge < -0.3 is 5.11 Å². The average Bonchev–Trinajstić information content (AvgIpc) is 2.43. The second-order valence-electron chi connectivity index (χ2n) is 4.07. The van der Waals surface area contributed by atoms with E-state index in [-0.39, 0.29) is 6.61 Å². The van der Waals surface area contributed by atoms with E-state index in [0.717, 1.165) is 6.42 Å². The molecule has 0 spiro atoms. The molecule has 0 atom stereocenters. The zero-order valence-electron chi connectivity index (χ0n) is 11.9. The quantitative estimate of drug-likeness (QED) is 0.301. The van der Waals surface area contributed by atoms with Gasteiger partial charge in [-0.1, -0.05) is 68.4 Å². The number of hydrogen-bond donors (Lipinski definition) is 1. The minimum absolute atomic E-state index is 0.0703. The van der Waals surface area contributed by atoms with E-state index in [0.29, 0.717) is 6.42 Å². The Balaban J connectivity index is 3.62. The molecule has 0 aliphatic carbocycles. The monoisotopic (exact) mass is 256 g/mol. The second kappa shape index (κ2) is 16.3. The van der Waals surface area contributed by atoms with Crippen LogP contribution in [0.4, 0.5) is 0 Å². The van der Waals surface area contributed by atoms with E-state index in [9.17, 15) is 0 Å². The number of allylic oxidation sites excluding steroid dienone is 5. The van der Waals surface area contributed by atoms with Gasteiger partial charge in [0.25, 0.3) is 0 Å². The van der Waals surface area contributed by atoms with Gasteiger partial charge in [-0.3, -0.25) is 0 Å². The molecule has 102 valence electrons. The molecule has 0 saturated heterocycles. The number of hydrogen-bond acceptors (Lipinski definition) is 1. The van der Waals surface area contributed by atoms with Gasteiger partial charge >= 0.3 is 0 Å². The Morgan fingerprint density at radius 3 is 2.63 bits per heavy atom. The maximum Gasteiger partial charge on any atom is 0.0612 e. The van der Waals surface area contributed by atoms with Gasteiger partial charge in [0.05, 0.1) is 6.61 Å². The average molecular weight is 256 g/mol. The molecule has 0 amide bonds. The first-order chi connectivity index (χ1) is 9.41. The predicted octanol–water partition coefficient (Wildman–Crippen LogP) is 4.01. The van der Waals surface area contributed by atoms with Crippen molar-refractivity contribution in [3.63, 3.8) is 0 Å². The van der Waals surface area contributed by atoms with Gasteiger partial charge in [-0.05, 0) is 30.8 Å². The number of unbranched alkanes of at least 4 members (excludes halogenated alkanes) is 4. The smallest absolute Gasteiger partial charge is 0.0612 e. The molecule has 0 saturated carbocycles. The van der Waals surface area contributed by atoms with Crippen molar-refractivity contribution in [2.45, 2.75) is 45.4 Å². The van der Waals surface area contributed by atoms with Gasteiger partial charge in [0.2, 0.25) is 0 Å². The highest BCUT2D eigenvalue weighted by Crippen LogP contribution is 2.02. The highest BCUT2D eigenvalue weighted by molar-refractivity contribution is 5.32. The van der Waals surface area contributed by atoms with Crippen LogP contribution in [0.1, 0.15) is 45.4 Å². The minimum Gasteiger partial charge on any atom is -0.392 e. The summed E-state index contributed by atoms with van der Waals surface area (Å²) in [7, 11) is 0. The van der Waals surface area contributed by atoms with Crippen LogP contribution in [0, 0.1) is 23.7 Å². The van der Waals surface area contributed by atoms with Crippen molar-refractivity contribution in [3.05, 3.63) is 36.5 Å². The Bertz CT molecular complexity index is 391.